The topological polar surface area (TPSA) is 54.4 Å². The Morgan fingerprint density at radius 2 is 1.56 bits per heavy atom. The molecular weight excluding hydrogens is 356 g/mol. The Balaban J connectivity index is 0.00000364. The first-order chi connectivity index (χ1) is 12.2. The summed E-state index contributed by atoms with van der Waals surface area (Å²) in [7, 11) is 0. The minimum absolute atomic E-state index is 0. The zero-order valence-electron chi connectivity index (χ0n) is 16.3. The van der Waals surface area contributed by atoms with Gasteiger partial charge in [0.1, 0.15) is 0 Å². The highest BCUT2D eigenvalue weighted by Gasteiger charge is 2.20. The lowest BCUT2D eigenvalue weighted by molar-refractivity contribution is -0.138. The molecule has 0 saturated carbocycles. The van der Waals surface area contributed by atoms with Crippen molar-refractivity contribution in [3.05, 3.63) is 76.9 Å². The summed E-state index contributed by atoms with van der Waals surface area (Å²) in [5.41, 5.74) is 3.48. The molecular formula is C23H28O3S. The molecule has 0 aliphatic heterocycles. The Morgan fingerprint density at radius 1 is 1.00 bits per heavy atom. The first-order valence-electron chi connectivity index (χ1n) is 8.77. The quantitative estimate of drug-likeness (QED) is 0.672. The van der Waals surface area contributed by atoms with E-state index in [0.29, 0.717) is 12.0 Å². The summed E-state index contributed by atoms with van der Waals surface area (Å²) in [6.45, 7) is 7.92. The number of benzene rings is 2. The van der Waals surface area contributed by atoms with Crippen LogP contribution in [0.5, 0.6) is 0 Å². The molecule has 1 N–H and O–H groups in total. The maximum absolute atomic E-state index is 11.8. The normalized spacial score (nSPS) is 12.4. The van der Waals surface area contributed by atoms with Gasteiger partial charge in [0, 0.05) is 5.56 Å². The summed E-state index contributed by atoms with van der Waals surface area (Å²) in [5.74, 6) is -1.46. The van der Waals surface area contributed by atoms with E-state index in [1.165, 1.54) is 6.92 Å². The predicted molar refractivity (Wildman–Crippen MR) is 116 cm³/mol. The fraction of sp³-hybridized carbons (Fsp3) is 0.304. The van der Waals surface area contributed by atoms with Crippen molar-refractivity contribution < 1.29 is 14.7 Å². The summed E-state index contributed by atoms with van der Waals surface area (Å²) in [4.78, 5) is 23.1. The van der Waals surface area contributed by atoms with Crippen LogP contribution in [0.1, 0.15) is 60.7 Å². The van der Waals surface area contributed by atoms with Crippen molar-refractivity contribution in [3.63, 3.8) is 0 Å². The molecule has 1 atom stereocenters. The number of carboxylic acids is 1. The Morgan fingerprint density at radius 3 is 2.00 bits per heavy atom. The van der Waals surface area contributed by atoms with Crippen molar-refractivity contribution in [1.82, 2.24) is 0 Å². The first kappa shape index (κ1) is 22.7. The molecule has 0 spiro atoms. The van der Waals surface area contributed by atoms with Gasteiger partial charge in [-0.1, -0.05) is 81.5 Å². The minimum Gasteiger partial charge on any atom is -0.481 e. The van der Waals surface area contributed by atoms with Crippen LogP contribution < -0.4 is 0 Å². The molecule has 27 heavy (non-hydrogen) atoms. The third-order valence-electron chi connectivity index (χ3n) is 4.21. The number of rotatable bonds is 6. The maximum atomic E-state index is 11.8. The minimum atomic E-state index is -0.848. The Labute approximate surface area is 168 Å². The van der Waals surface area contributed by atoms with E-state index in [9.17, 15) is 14.7 Å². The number of hydrogen-bond donors (Lipinski definition) is 1. The van der Waals surface area contributed by atoms with Crippen LogP contribution in [-0.4, -0.2) is 16.9 Å². The lowest BCUT2D eigenvalue weighted by Gasteiger charge is -2.14. The van der Waals surface area contributed by atoms with Gasteiger partial charge in [-0.3, -0.25) is 9.59 Å². The number of allylic oxidation sites excluding steroid dienone is 1. The summed E-state index contributed by atoms with van der Waals surface area (Å²) in [6, 6.07) is 14.8. The molecule has 0 heterocycles. The second-order valence-corrected chi connectivity index (χ2v) is 7.71. The van der Waals surface area contributed by atoms with Gasteiger partial charge in [0.05, 0.1) is 5.92 Å². The number of Topliss-reactive ketones (excluding diaryl/α,β-unsaturated/α-hetero) is 1. The molecule has 4 heteroatoms. The fourth-order valence-corrected chi connectivity index (χ4v) is 2.64. The largest absolute Gasteiger partial charge is 0.481 e. The molecule has 2 aromatic carbocycles. The van der Waals surface area contributed by atoms with Gasteiger partial charge in [-0.25, -0.2) is 0 Å². The van der Waals surface area contributed by atoms with E-state index in [1.807, 2.05) is 36.4 Å². The van der Waals surface area contributed by atoms with Crippen molar-refractivity contribution in [1.29, 1.82) is 0 Å². The molecule has 0 aliphatic rings. The monoisotopic (exact) mass is 384 g/mol. The zero-order valence-corrected chi connectivity index (χ0v) is 17.3. The summed E-state index contributed by atoms with van der Waals surface area (Å²) >= 11 is 0. The van der Waals surface area contributed by atoms with Gasteiger partial charge in [0.15, 0.2) is 5.78 Å². The molecule has 0 aromatic heterocycles. The summed E-state index contributed by atoms with van der Waals surface area (Å²) in [6.07, 6.45) is 4.58. The van der Waals surface area contributed by atoms with Crippen LogP contribution in [0.25, 0.3) is 6.08 Å². The number of carbonyl (C=O) groups excluding carboxylic acids is 1. The van der Waals surface area contributed by atoms with Gasteiger partial charge in [0.25, 0.3) is 0 Å². The van der Waals surface area contributed by atoms with Gasteiger partial charge < -0.3 is 5.11 Å². The smallest absolute Gasteiger partial charge is 0.311 e. The second kappa shape index (κ2) is 9.56. The second-order valence-electron chi connectivity index (χ2n) is 7.71. The van der Waals surface area contributed by atoms with Gasteiger partial charge in [-0.2, -0.15) is 13.5 Å². The van der Waals surface area contributed by atoms with Crippen LogP contribution in [0.3, 0.4) is 0 Å². The van der Waals surface area contributed by atoms with E-state index in [0.717, 1.165) is 16.7 Å². The number of aliphatic carboxylic acids is 1. The van der Waals surface area contributed by atoms with Crippen LogP contribution in [0.4, 0.5) is 0 Å². The molecule has 0 radical (unpaired) electrons. The molecule has 0 amide bonds. The van der Waals surface area contributed by atoms with Gasteiger partial charge in [-0.15, -0.1) is 0 Å². The van der Waals surface area contributed by atoms with Crippen LogP contribution in [-0.2, 0) is 11.2 Å². The van der Waals surface area contributed by atoms with Crippen LogP contribution in [0, 0.1) is 5.41 Å². The molecule has 144 valence electrons. The Kier molecular flexibility index (Phi) is 8.04. The molecule has 0 bridgehead atoms. The van der Waals surface area contributed by atoms with Crippen molar-refractivity contribution in [2.75, 3.05) is 0 Å². The highest BCUT2D eigenvalue weighted by atomic mass is 32.1. The molecule has 0 saturated heterocycles. The van der Waals surface area contributed by atoms with Crippen LogP contribution in [0.2, 0.25) is 0 Å². The van der Waals surface area contributed by atoms with Crippen molar-refractivity contribution >= 4 is 31.3 Å². The Hall–Kier alpha value is -2.33. The van der Waals surface area contributed by atoms with E-state index in [1.54, 1.807) is 12.1 Å². The van der Waals surface area contributed by atoms with Gasteiger partial charge >= 0.3 is 5.97 Å². The first-order valence-corrected chi connectivity index (χ1v) is 8.77. The molecule has 0 fully saturated rings. The third-order valence-corrected chi connectivity index (χ3v) is 4.21. The van der Waals surface area contributed by atoms with Crippen LogP contribution in [0.15, 0.2) is 54.6 Å². The fourth-order valence-electron chi connectivity index (χ4n) is 2.64. The maximum Gasteiger partial charge on any atom is 0.311 e. The van der Waals surface area contributed by atoms with Gasteiger partial charge in [0.2, 0.25) is 0 Å². The number of hydrogen-bond acceptors (Lipinski definition) is 2. The van der Waals surface area contributed by atoms with E-state index < -0.39 is 11.9 Å². The van der Waals surface area contributed by atoms with E-state index in [-0.39, 0.29) is 24.7 Å². The van der Waals surface area contributed by atoms with Crippen molar-refractivity contribution in [3.8, 4) is 0 Å². The lowest BCUT2D eigenvalue weighted by Crippen LogP contribution is -2.14. The average Bonchev–Trinajstić information content (AvgIpc) is 2.58. The molecule has 0 aliphatic carbocycles. The molecule has 3 nitrogen and oxygen atoms in total. The SMILES string of the molecule is CC(=O)c1ccc(C[C@H](C(=O)O)c2ccc(/C=C/C(C)(C)C)cc2)cc1.S. The van der Waals surface area contributed by atoms with Gasteiger partial charge in [-0.05, 0) is 35.4 Å². The van der Waals surface area contributed by atoms with E-state index in [2.05, 4.69) is 32.9 Å². The van der Waals surface area contributed by atoms with E-state index >= 15 is 0 Å². The predicted octanol–water partition coefficient (Wildman–Crippen LogP) is 5.47. The molecule has 2 rings (SSSR count). The van der Waals surface area contributed by atoms with E-state index in [4.69, 9.17) is 0 Å². The Bertz CT molecular complexity index is 797. The number of ketones is 1. The lowest BCUT2D eigenvalue weighted by atomic mass is 9.90. The van der Waals surface area contributed by atoms with Crippen LogP contribution >= 0.6 is 13.5 Å². The number of carboxylic acid groups (broad SMARTS) is 1. The number of carbonyl (C=O) groups is 2. The standard InChI is InChI=1S/C23H26O3.H2S/c1-16(24)19-9-7-18(8-10-19)15-21(22(25)26)20-11-5-17(6-12-20)13-14-23(2,3)4;/h5-14,21H,15H2,1-4H3,(H,25,26);1H2/b14-13+;/t21-;/m0./s1. The van der Waals surface area contributed by atoms with Crippen molar-refractivity contribution in [2.45, 2.75) is 40.0 Å². The summed E-state index contributed by atoms with van der Waals surface area (Å²) < 4.78 is 0. The highest BCUT2D eigenvalue weighted by Crippen LogP contribution is 2.23. The average molecular weight is 385 g/mol. The zero-order chi connectivity index (χ0) is 19.3. The third kappa shape index (κ3) is 7.06. The highest BCUT2D eigenvalue weighted by molar-refractivity contribution is 7.59. The molecule has 0 unspecified atom stereocenters. The van der Waals surface area contributed by atoms with Crippen molar-refractivity contribution in [2.24, 2.45) is 5.41 Å². The summed E-state index contributed by atoms with van der Waals surface area (Å²) in [5, 5.41) is 9.64. The molecule has 2 aromatic rings.